The first-order valence-corrected chi connectivity index (χ1v) is 9.46. The second-order valence-electron chi connectivity index (χ2n) is 6.14. The molecule has 25 heavy (non-hydrogen) atoms. The number of carboxylic acid groups (broad SMARTS) is 1. The summed E-state index contributed by atoms with van der Waals surface area (Å²) in [5, 5.41) is 17.9. The minimum Gasteiger partial charge on any atom is -0.480 e. The SMILES string of the molecule is CCc1ccc([C@@H]2[C@H](S(=O)(=O)c3ccccc3)[C@]2(C#N)C(=O)O)cc1. The maximum absolute atomic E-state index is 13.0. The largest absolute Gasteiger partial charge is 0.480 e. The molecule has 0 saturated heterocycles. The fourth-order valence-electron chi connectivity index (χ4n) is 3.37. The predicted octanol–water partition coefficient (Wildman–Crippen LogP) is 2.78. The van der Waals surface area contributed by atoms with Crippen LogP contribution in [0.15, 0.2) is 59.5 Å². The Labute approximate surface area is 146 Å². The number of aryl methyl sites for hydroxylation is 1. The molecule has 1 aliphatic rings. The van der Waals surface area contributed by atoms with E-state index in [1.165, 1.54) is 12.1 Å². The Bertz CT molecular complexity index is 945. The number of rotatable bonds is 5. The molecule has 0 spiro atoms. The summed E-state index contributed by atoms with van der Waals surface area (Å²) in [6, 6.07) is 16.6. The fourth-order valence-corrected chi connectivity index (χ4v) is 5.64. The molecule has 128 valence electrons. The summed E-state index contributed by atoms with van der Waals surface area (Å²) in [4.78, 5) is 11.9. The average molecular weight is 355 g/mol. The Kier molecular flexibility index (Phi) is 4.13. The lowest BCUT2D eigenvalue weighted by molar-refractivity contribution is -0.141. The highest BCUT2D eigenvalue weighted by Crippen LogP contribution is 2.63. The van der Waals surface area contributed by atoms with Gasteiger partial charge in [0, 0.05) is 5.92 Å². The Balaban J connectivity index is 2.10. The minimum atomic E-state index is -3.95. The van der Waals surface area contributed by atoms with Crippen molar-refractivity contribution >= 4 is 15.8 Å². The smallest absolute Gasteiger partial charge is 0.326 e. The molecule has 0 heterocycles. The molecule has 0 unspecified atom stereocenters. The van der Waals surface area contributed by atoms with E-state index in [2.05, 4.69) is 0 Å². The predicted molar refractivity (Wildman–Crippen MR) is 91.7 cm³/mol. The van der Waals surface area contributed by atoms with Gasteiger partial charge in [-0.2, -0.15) is 5.26 Å². The standard InChI is InChI=1S/C19H17NO4S/c1-2-13-8-10-14(11-9-13)16-17(19(16,12-20)18(21)22)25(23,24)15-6-4-3-5-7-15/h3-11,16-17H,2H2,1H3,(H,21,22)/t16-,17+,19-/m1/s1. The molecular weight excluding hydrogens is 338 g/mol. The number of hydrogen-bond donors (Lipinski definition) is 1. The van der Waals surface area contributed by atoms with Crippen LogP contribution in [0.25, 0.3) is 0 Å². The molecule has 1 saturated carbocycles. The number of aliphatic carboxylic acids is 1. The third kappa shape index (κ3) is 2.52. The van der Waals surface area contributed by atoms with E-state index in [-0.39, 0.29) is 4.90 Å². The van der Waals surface area contributed by atoms with Crippen molar-refractivity contribution in [1.29, 1.82) is 5.26 Å². The number of hydrogen-bond acceptors (Lipinski definition) is 4. The highest BCUT2D eigenvalue weighted by atomic mass is 32.2. The van der Waals surface area contributed by atoms with Crippen LogP contribution in [0.4, 0.5) is 0 Å². The van der Waals surface area contributed by atoms with Crippen LogP contribution in [0.5, 0.6) is 0 Å². The summed E-state index contributed by atoms with van der Waals surface area (Å²) in [5.74, 6) is -2.28. The third-order valence-corrected chi connectivity index (χ3v) is 7.07. The molecule has 0 radical (unpaired) electrons. The van der Waals surface area contributed by atoms with Gasteiger partial charge in [0.25, 0.3) is 0 Å². The lowest BCUT2D eigenvalue weighted by Gasteiger charge is -2.04. The number of carbonyl (C=O) groups is 1. The number of sulfone groups is 1. The maximum atomic E-state index is 13.0. The van der Waals surface area contributed by atoms with E-state index in [1.807, 2.05) is 19.1 Å². The first-order valence-electron chi connectivity index (χ1n) is 7.92. The van der Waals surface area contributed by atoms with Crippen LogP contribution < -0.4 is 0 Å². The topological polar surface area (TPSA) is 95.2 Å². The fraction of sp³-hybridized carbons (Fsp3) is 0.263. The van der Waals surface area contributed by atoms with Crippen LogP contribution in [-0.4, -0.2) is 24.7 Å². The van der Waals surface area contributed by atoms with Gasteiger partial charge in [0.05, 0.1) is 11.0 Å². The van der Waals surface area contributed by atoms with Gasteiger partial charge in [0.1, 0.15) is 5.25 Å². The van der Waals surface area contributed by atoms with E-state index in [0.29, 0.717) is 5.56 Å². The number of nitrogens with zero attached hydrogens (tertiary/aromatic N) is 1. The van der Waals surface area contributed by atoms with E-state index in [9.17, 15) is 23.6 Å². The molecule has 3 atom stereocenters. The second kappa shape index (κ2) is 6.01. The summed E-state index contributed by atoms with van der Waals surface area (Å²) in [6.45, 7) is 1.99. The lowest BCUT2D eigenvalue weighted by atomic mass is 9.99. The Morgan fingerprint density at radius 2 is 1.76 bits per heavy atom. The van der Waals surface area contributed by atoms with Gasteiger partial charge in [0.2, 0.25) is 0 Å². The molecule has 2 aromatic rings. The number of nitriles is 1. The van der Waals surface area contributed by atoms with Crippen molar-refractivity contribution < 1.29 is 18.3 Å². The molecule has 0 aromatic heterocycles. The van der Waals surface area contributed by atoms with Crippen LogP contribution in [0.3, 0.4) is 0 Å². The Morgan fingerprint density at radius 3 is 2.24 bits per heavy atom. The third-order valence-electron chi connectivity index (χ3n) is 4.82. The summed E-state index contributed by atoms with van der Waals surface area (Å²) in [7, 11) is -3.95. The van der Waals surface area contributed by atoms with Crippen molar-refractivity contribution in [2.45, 2.75) is 29.4 Å². The van der Waals surface area contributed by atoms with Crippen molar-refractivity contribution in [1.82, 2.24) is 0 Å². The zero-order valence-electron chi connectivity index (χ0n) is 13.6. The normalized spacial score (nSPS) is 25.1. The molecule has 6 heteroatoms. The van der Waals surface area contributed by atoms with Gasteiger partial charge in [-0.05, 0) is 29.7 Å². The van der Waals surface area contributed by atoms with Gasteiger partial charge in [-0.15, -0.1) is 0 Å². The highest BCUT2D eigenvalue weighted by Gasteiger charge is 2.77. The van der Waals surface area contributed by atoms with Crippen LogP contribution >= 0.6 is 0 Å². The van der Waals surface area contributed by atoms with Crippen LogP contribution in [0.2, 0.25) is 0 Å². The van der Waals surface area contributed by atoms with Crippen molar-refractivity contribution in [3.05, 3.63) is 65.7 Å². The van der Waals surface area contributed by atoms with E-state index in [4.69, 9.17) is 0 Å². The van der Waals surface area contributed by atoms with E-state index in [0.717, 1.165) is 12.0 Å². The number of carboxylic acids is 1. The molecule has 3 rings (SSSR count). The summed E-state index contributed by atoms with van der Waals surface area (Å²) in [6.07, 6.45) is 0.818. The Morgan fingerprint density at radius 1 is 1.16 bits per heavy atom. The molecular formula is C19H17NO4S. The summed E-state index contributed by atoms with van der Waals surface area (Å²) < 4.78 is 25.9. The van der Waals surface area contributed by atoms with Crippen molar-refractivity contribution in [2.24, 2.45) is 5.41 Å². The first kappa shape index (κ1) is 17.2. The van der Waals surface area contributed by atoms with Gasteiger partial charge in [-0.1, -0.05) is 49.4 Å². The van der Waals surface area contributed by atoms with Crippen molar-refractivity contribution in [2.75, 3.05) is 0 Å². The molecule has 0 aliphatic heterocycles. The molecule has 1 fully saturated rings. The molecule has 1 N–H and O–H groups in total. The quantitative estimate of drug-likeness (QED) is 0.890. The zero-order valence-corrected chi connectivity index (χ0v) is 14.4. The van der Waals surface area contributed by atoms with Gasteiger partial charge in [0.15, 0.2) is 15.3 Å². The van der Waals surface area contributed by atoms with Crippen molar-refractivity contribution in [3.63, 3.8) is 0 Å². The van der Waals surface area contributed by atoms with Gasteiger partial charge < -0.3 is 5.11 Å². The summed E-state index contributed by atoms with van der Waals surface area (Å²) in [5.41, 5.74) is -0.335. The molecule has 5 nitrogen and oxygen atoms in total. The van der Waals surface area contributed by atoms with Crippen LogP contribution in [0, 0.1) is 16.7 Å². The monoisotopic (exact) mass is 355 g/mol. The molecule has 1 aliphatic carbocycles. The minimum absolute atomic E-state index is 0.0357. The summed E-state index contributed by atoms with van der Waals surface area (Å²) >= 11 is 0. The highest BCUT2D eigenvalue weighted by molar-refractivity contribution is 7.92. The molecule has 0 bridgehead atoms. The Hall–Kier alpha value is -2.65. The van der Waals surface area contributed by atoms with E-state index >= 15 is 0 Å². The molecule has 2 aromatic carbocycles. The van der Waals surface area contributed by atoms with Gasteiger partial charge >= 0.3 is 5.97 Å². The van der Waals surface area contributed by atoms with Gasteiger partial charge in [-0.25, -0.2) is 8.42 Å². The lowest BCUT2D eigenvalue weighted by Crippen LogP contribution is -2.22. The number of benzene rings is 2. The van der Waals surface area contributed by atoms with E-state index < -0.39 is 32.4 Å². The first-order chi connectivity index (χ1) is 11.9. The second-order valence-corrected chi connectivity index (χ2v) is 8.21. The van der Waals surface area contributed by atoms with Crippen LogP contribution in [-0.2, 0) is 21.1 Å². The van der Waals surface area contributed by atoms with E-state index in [1.54, 1.807) is 36.4 Å². The average Bonchev–Trinajstić information content (AvgIpc) is 3.34. The van der Waals surface area contributed by atoms with Crippen molar-refractivity contribution in [3.8, 4) is 6.07 Å². The maximum Gasteiger partial charge on any atom is 0.326 e. The van der Waals surface area contributed by atoms with Crippen LogP contribution in [0.1, 0.15) is 24.0 Å². The molecule has 0 amide bonds. The zero-order chi connectivity index (χ0) is 18.2. The van der Waals surface area contributed by atoms with Gasteiger partial charge in [-0.3, -0.25) is 4.79 Å².